The first kappa shape index (κ1) is 15.0. The van der Waals surface area contributed by atoms with Crippen LogP contribution in [0.5, 0.6) is 5.88 Å². The van der Waals surface area contributed by atoms with E-state index in [1.165, 1.54) is 0 Å². The summed E-state index contributed by atoms with van der Waals surface area (Å²) in [6.45, 7) is 2.48. The highest BCUT2D eigenvalue weighted by atomic mass is 35.5. The molecule has 0 unspecified atom stereocenters. The molecule has 0 amide bonds. The molecule has 3 rings (SSSR count). The van der Waals surface area contributed by atoms with Crippen molar-refractivity contribution < 1.29 is 4.74 Å². The van der Waals surface area contributed by atoms with Crippen molar-refractivity contribution in [2.75, 3.05) is 0 Å². The SMILES string of the molecule is Cc1sc(-c2ccccc2)nc1COc1ccc(CCl)cn1. The van der Waals surface area contributed by atoms with Gasteiger partial charge in [0, 0.05) is 28.6 Å². The molecule has 3 aromatic rings. The molecule has 0 N–H and O–H groups in total. The monoisotopic (exact) mass is 330 g/mol. The number of ether oxygens (including phenoxy) is 1. The Hall–Kier alpha value is -1.91. The van der Waals surface area contributed by atoms with E-state index in [0.29, 0.717) is 18.4 Å². The zero-order valence-electron chi connectivity index (χ0n) is 12.1. The molecule has 0 saturated carbocycles. The Balaban J connectivity index is 1.71. The van der Waals surface area contributed by atoms with Crippen molar-refractivity contribution in [1.82, 2.24) is 9.97 Å². The maximum atomic E-state index is 5.74. The summed E-state index contributed by atoms with van der Waals surface area (Å²) in [6.07, 6.45) is 1.73. The molecule has 0 fully saturated rings. The van der Waals surface area contributed by atoms with Crippen molar-refractivity contribution in [3.8, 4) is 16.5 Å². The van der Waals surface area contributed by atoms with Crippen molar-refractivity contribution in [2.24, 2.45) is 0 Å². The Labute approximate surface area is 138 Å². The lowest BCUT2D eigenvalue weighted by Crippen LogP contribution is -1.99. The molecule has 0 radical (unpaired) electrons. The number of hydrogen-bond acceptors (Lipinski definition) is 4. The second-order valence-corrected chi connectivity index (χ2v) is 6.29. The summed E-state index contributed by atoms with van der Waals surface area (Å²) in [4.78, 5) is 10.1. The Morgan fingerprint density at radius 3 is 2.64 bits per heavy atom. The van der Waals surface area contributed by atoms with Crippen molar-refractivity contribution in [1.29, 1.82) is 0 Å². The summed E-state index contributed by atoms with van der Waals surface area (Å²) in [5.41, 5.74) is 3.06. The van der Waals surface area contributed by atoms with Crippen LogP contribution in [0.25, 0.3) is 10.6 Å². The van der Waals surface area contributed by atoms with E-state index in [9.17, 15) is 0 Å². The van der Waals surface area contributed by atoms with Gasteiger partial charge in [0.2, 0.25) is 5.88 Å². The fraction of sp³-hybridized carbons (Fsp3) is 0.176. The topological polar surface area (TPSA) is 35.0 Å². The van der Waals surface area contributed by atoms with E-state index >= 15 is 0 Å². The number of halogens is 1. The highest BCUT2D eigenvalue weighted by Crippen LogP contribution is 2.27. The van der Waals surface area contributed by atoms with Gasteiger partial charge in [0.25, 0.3) is 0 Å². The van der Waals surface area contributed by atoms with E-state index in [2.05, 4.69) is 29.0 Å². The van der Waals surface area contributed by atoms with Gasteiger partial charge in [-0.25, -0.2) is 9.97 Å². The second-order valence-electron chi connectivity index (χ2n) is 4.81. The van der Waals surface area contributed by atoms with Crippen LogP contribution in [0.15, 0.2) is 48.7 Å². The number of aromatic nitrogens is 2. The number of nitrogens with zero attached hydrogens (tertiary/aromatic N) is 2. The summed E-state index contributed by atoms with van der Waals surface area (Å²) in [5, 5.41) is 1.02. The lowest BCUT2D eigenvalue weighted by molar-refractivity contribution is 0.289. The van der Waals surface area contributed by atoms with E-state index in [1.54, 1.807) is 17.5 Å². The fourth-order valence-corrected chi connectivity index (χ4v) is 3.06. The quantitative estimate of drug-likeness (QED) is 0.628. The Morgan fingerprint density at radius 1 is 1.14 bits per heavy atom. The summed E-state index contributed by atoms with van der Waals surface area (Å²) < 4.78 is 5.71. The number of rotatable bonds is 5. The van der Waals surface area contributed by atoms with Crippen molar-refractivity contribution in [3.63, 3.8) is 0 Å². The Bertz CT molecular complexity index is 741. The molecule has 0 spiro atoms. The standard InChI is InChI=1S/C17H15ClN2OS/c1-12-15(11-21-16-8-7-13(9-18)10-19-16)20-17(22-12)14-5-3-2-4-6-14/h2-8,10H,9,11H2,1H3. The molecule has 5 heteroatoms. The first-order valence-electron chi connectivity index (χ1n) is 6.91. The minimum atomic E-state index is 0.419. The molecule has 2 heterocycles. The lowest BCUT2D eigenvalue weighted by atomic mass is 10.2. The van der Waals surface area contributed by atoms with Crippen molar-refractivity contribution in [2.45, 2.75) is 19.4 Å². The van der Waals surface area contributed by atoms with Gasteiger partial charge < -0.3 is 4.74 Å². The first-order chi connectivity index (χ1) is 10.8. The summed E-state index contributed by atoms with van der Waals surface area (Å²) >= 11 is 7.42. The third kappa shape index (κ3) is 3.46. The largest absolute Gasteiger partial charge is 0.471 e. The molecule has 3 nitrogen and oxygen atoms in total. The van der Waals surface area contributed by atoms with Crippen LogP contribution in [-0.2, 0) is 12.5 Å². The average Bonchev–Trinajstić information content (AvgIpc) is 2.95. The molecule has 0 aliphatic heterocycles. The van der Waals surface area contributed by atoms with Gasteiger partial charge in [0.15, 0.2) is 0 Å². The summed E-state index contributed by atoms with van der Waals surface area (Å²) in [7, 11) is 0. The number of hydrogen-bond donors (Lipinski definition) is 0. The van der Waals surface area contributed by atoms with E-state index in [-0.39, 0.29) is 0 Å². The molecular formula is C17H15ClN2OS. The maximum absolute atomic E-state index is 5.74. The molecule has 22 heavy (non-hydrogen) atoms. The molecular weight excluding hydrogens is 316 g/mol. The first-order valence-corrected chi connectivity index (χ1v) is 8.27. The van der Waals surface area contributed by atoms with Gasteiger partial charge in [-0.15, -0.1) is 22.9 Å². The number of thiazole rings is 1. The predicted octanol–water partition coefficient (Wildman–Crippen LogP) is 4.83. The number of alkyl halides is 1. The van der Waals surface area contributed by atoms with Gasteiger partial charge >= 0.3 is 0 Å². The smallest absolute Gasteiger partial charge is 0.213 e. The summed E-state index contributed by atoms with van der Waals surface area (Å²) in [5.74, 6) is 1.04. The van der Waals surface area contributed by atoms with Crippen LogP contribution in [0, 0.1) is 6.92 Å². The molecule has 112 valence electrons. The van der Waals surface area contributed by atoms with E-state index in [1.807, 2.05) is 30.3 Å². The second kappa shape index (κ2) is 6.90. The Kier molecular flexibility index (Phi) is 4.71. The third-order valence-electron chi connectivity index (χ3n) is 3.22. The zero-order chi connectivity index (χ0) is 15.4. The maximum Gasteiger partial charge on any atom is 0.213 e. The van der Waals surface area contributed by atoms with Crippen LogP contribution in [0.1, 0.15) is 16.1 Å². The van der Waals surface area contributed by atoms with Gasteiger partial charge in [-0.1, -0.05) is 36.4 Å². The molecule has 0 aliphatic rings. The minimum Gasteiger partial charge on any atom is -0.471 e. The van der Waals surface area contributed by atoms with Crippen LogP contribution >= 0.6 is 22.9 Å². The molecule has 0 saturated heterocycles. The van der Waals surface area contributed by atoms with Crippen LogP contribution in [0.3, 0.4) is 0 Å². The van der Waals surface area contributed by atoms with Gasteiger partial charge in [-0.05, 0) is 12.5 Å². The Morgan fingerprint density at radius 2 is 1.95 bits per heavy atom. The van der Waals surface area contributed by atoms with Crippen molar-refractivity contribution in [3.05, 3.63) is 64.8 Å². The van der Waals surface area contributed by atoms with E-state index in [4.69, 9.17) is 16.3 Å². The van der Waals surface area contributed by atoms with E-state index < -0.39 is 0 Å². The zero-order valence-corrected chi connectivity index (χ0v) is 13.7. The molecule has 1 aromatic carbocycles. The van der Waals surface area contributed by atoms with Crippen LogP contribution in [-0.4, -0.2) is 9.97 Å². The van der Waals surface area contributed by atoms with Crippen LogP contribution < -0.4 is 4.74 Å². The minimum absolute atomic E-state index is 0.419. The summed E-state index contributed by atoms with van der Waals surface area (Å²) in [6, 6.07) is 13.9. The fourth-order valence-electron chi connectivity index (χ4n) is 1.98. The average molecular weight is 331 g/mol. The van der Waals surface area contributed by atoms with Gasteiger partial charge in [-0.2, -0.15) is 0 Å². The molecule has 2 aromatic heterocycles. The predicted molar refractivity (Wildman–Crippen MR) is 90.4 cm³/mol. The highest BCUT2D eigenvalue weighted by Gasteiger charge is 2.10. The van der Waals surface area contributed by atoms with Gasteiger partial charge in [-0.3, -0.25) is 0 Å². The number of aryl methyl sites for hydroxylation is 1. The normalized spacial score (nSPS) is 10.6. The number of benzene rings is 1. The number of pyridine rings is 1. The van der Waals surface area contributed by atoms with Gasteiger partial charge in [0.1, 0.15) is 11.6 Å². The van der Waals surface area contributed by atoms with Crippen molar-refractivity contribution >= 4 is 22.9 Å². The molecule has 0 atom stereocenters. The van der Waals surface area contributed by atoms with Gasteiger partial charge in [0.05, 0.1) is 5.69 Å². The highest BCUT2D eigenvalue weighted by molar-refractivity contribution is 7.15. The van der Waals surface area contributed by atoms with E-state index in [0.717, 1.165) is 26.7 Å². The van der Waals surface area contributed by atoms with Crippen LogP contribution in [0.4, 0.5) is 0 Å². The van der Waals surface area contributed by atoms with Crippen LogP contribution in [0.2, 0.25) is 0 Å². The third-order valence-corrected chi connectivity index (χ3v) is 4.59. The molecule has 0 bridgehead atoms. The lowest BCUT2D eigenvalue weighted by Gasteiger charge is -2.04. The molecule has 0 aliphatic carbocycles.